The first kappa shape index (κ1) is 13.9. The summed E-state index contributed by atoms with van der Waals surface area (Å²) in [5.41, 5.74) is 7.44. The molecule has 0 saturated carbocycles. The monoisotopic (exact) mass is 274 g/mol. The molecular weight excluding hydrogens is 259 g/mol. The lowest BCUT2D eigenvalue weighted by molar-refractivity contribution is 0.102. The highest BCUT2D eigenvalue weighted by molar-refractivity contribution is 6.06. The summed E-state index contributed by atoms with van der Waals surface area (Å²) in [6.07, 6.45) is 0. The number of carbonyl (C=O) groups excluding carboxylic acids is 1. The van der Waals surface area contributed by atoms with Crippen LogP contribution in [0, 0.1) is 12.7 Å². The van der Waals surface area contributed by atoms with Crippen molar-refractivity contribution < 1.29 is 13.9 Å². The van der Waals surface area contributed by atoms with Gasteiger partial charge in [0.05, 0.1) is 12.7 Å². The van der Waals surface area contributed by atoms with Crippen LogP contribution in [0.4, 0.5) is 15.8 Å². The molecule has 0 aliphatic rings. The first-order valence-electron chi connectivity index (χ1n) is 6.02. The highest BCUT2D eigenvalue weighted by Gasteiger charge is 2.13. The Kier molecular flexibility index (Phi) is 3.89. The minimum atomic E-state index is -0.361. The van der Waals surface area contributed by atoms with Gasteiger partial charge in [-0.25, -0.2) is 4.39 Å². The number of anilines is 2. The number of ether oxygens (including phenoxy) is 1. The molecule has 4 nitrogen and oxygen atoms in total. The van der Waals surface area contributed by atoms with E-state index in [0.29, 0.717) is 28.3 Å². The Morgan fingerprint density at radius 1 is 1.25 bits per heavy atom. The van der Waals surface area contributed by atoms with Crippen molar-refractivity contribution in [2.24, 2.45) is 0 Å². The van der Waals surface area contributed by atoms with Crippen LogP contribution in [0.15, 0.2) is 36.4 Å². The molecule has 20 heavy (non-hydrogen) atoms. The Bertz CT molecular complexity index is 656. The topological polar surface area (TPSA) is 64.3 Å². The van der Waals surface area contributed by atoms with Crippen molar-refractivity contribution in [2.45, 2.75) is 6.92 Å². The van der Waals surface area contributed by atoms with Gasteiger partial charge in [-0.3, -0.25) is 4.79 Å². The zero-order valence-corrected chi connectivity index (χ0v) is 11.2. The summed E-state index contributed by atoms with van der Waals surface area (Å²) in [7, 11) is 1.48. The predicted molar refractivity (Wildman–Crippen MR) is 76.5 cm³/mol. The summed E-state index contributed by atoms with van der Waals surface area (Å²) < 4.78 is 18.3. The van der Waals surface area contributed by atoms with E-state index in [2.05, 4.69) is 5.32 Å². The molecule has 1 amide bonds. The van der Waals surface area contributed by atoms with Gasteiger partial charge in [0.25, 0.3) is 5.91 Å². The number of rotatable bonds is 3. The molecule has 0 aliphatic heterocycles. The molecule has 0 unspecified atom stereocenters. The number of nitrogens with one attached hydrogen (secondary N) is 1. The standard InChI is InChI=1S/C15H15FN2O2/c1-9-7-11(4-5-13(9)16)18-15(19)12-8-10(17)3-6-14(12)20-2/h3-8H,17H2,1-2H3,(H,18,19). The second-order valence-corrected chi connectivity index (χ2v) is 4.38. The van der Waals surface area contributed by atoms with Crippen molar-refractivity contribution in [2.75, 3.05) is 18.2 Å². The molecular formula is C15H15FN2O2. The zero-order chi connectivity index (χ0) is 14.7. The second kappa shape index (κ2) is 5.61. The number of nitrogen functional groups attached to an aromatic ring is 1. The van der Waals surface area contributed by atoms with Crippen LogP contribution in [0.3, 0.4) is 0 Å². The SMILES string of the molecule is COc1ccc(N)cc1C(=O)Nc1ccc(F)c(C)c1. The maximum Gasteiger partial charge on any atom is 0.259 e. The summed E-state index contributed by atoms with van der Waals surface area (Å²) in [5.74, 6) is -0.250. The van der Waals surface area contributed by atoms with Gasteiger partial charge in [0.2, 0.25) is 0 Å². The molecule has 2 aromatic rings. The van der Waals surface area contributed by atoms with Gasteiger partial charge in [0.15, 0.2) is 0 Å². The molecule has 0 atom stereocenters. The van der Waals surface area contributed by atoms with Crippen molar-refractivity contribution in [1.29, 1.82) is 0 Å². The number of amides is 1. The molecule has 0 radical (unpaired) electrons. The first-order valence-corrected chi connectivity index (χ1v) is 6.02. The normalized spacial score (nSPS) is 10.2. The van der Waals surface area contributed by atoms with E-state index in [0.717, 1.165) is 0 Å². The quantitative estimate of drug-likeness (QED) is 0.846. The van der Waals surface area contributed by atoms with E-state index in [1.807, 2.05) is 0 Å². The number of aryl methyl sites for hydroxylation is 1. The van der Waals surface area contributed by atoms with Crippen LogP contribution in [0.2, 0.25) is 0 Å². The smallest absolute Gasteiger partial charge is 0.259 e. The first-order chi connectivity index (χ1) is 9.51. The largest absolute Gasteiger partial charge is 0.496 e. The number of benzene rings is 2. The maximum atomic E-state index is 13.2. The van der Waals surface area contributed by atoms with Crippen LogP contribution >= 0.6 is 0 Å². The van der Waals surface area contributed by atoms with Gasteiger partial charge in [-0.1, -0.05) is 0 Å². The Hall–Kier alpha value is -2.56. The summed E-state index contributed by atoms with van der Waals surface area (Å²) in [6.45, 7) is 1.63. The average Bonchev–Trinajstić information content (AvgIpc) is 2.43. The van der Waals surface area contributed by atoms with Gasteiger partial charge < -0.3 is 15.8 Å². The third-order valence-corrected chi connectivity index (χ3v) is 2.88. The summed E-state index contributed by atoms with van der Waals surface area (Å²) in [6, 6.07) is 9.18. The molecule has 0 aliphatic carbocycles. The van der Waals surface area contributed by atoms with Crippen molar-refractivity contribution >= 4 is 17.3 Å². The fourth-order valence-electron chi connectivity index (χ4n) is 1.82. The van der Waals surface area contributed by atoms with Crippen LogP contribution in [-0.4, -0.2) is 13.0 Å². The second-order valence-electron chi connectivity index (χ2n) is 4.38. The highest BCUT2D eigenvalue weighted by atomic mass is 19.1. The molecule has 0 aromatic heterocycles. The molecule has 0 saturated heterocycles. The van der Waals surface area contributed by atoms with E-state index < -0.39 is 0 Å². The molecule has 0 heterocycles. The number of nitrogens with two attached hydrogens (primary N) is 1. The van der Waals surface area contributed by atoms with E-state index in [9.17, 15) is 9.18 Å². The number of methoxy groups -OCH3 is 1. The lowest BCUT2D eigenvalue weighted by atomic mass is 10.1. The molecule has 0 bridgehead atoms. The van der Waals surface area contributed by atoms with E-state index in [1.165, 1.54) is 25.3 Å². The fraction of sp³-hybridized carbons (Fsp3) is 0.133. The van der Waals surface area contributed by atoms with Gasteiger partial charge in [-0.2, -0.15) is 0 Å². The number of hydrogen-bond acceptors (Lipinski definition) is 3. The van der Waals surface area contributed by atoms with Crippen molar-refractivity contribution in [1.82, 2.24) is 0 Å². The molecule has 0 spiro atoms. The molecule has 5 heteroatoms. The molecule has 3 N–H and O–H groups in total. The lowest BCUT2D eigenvalue weighted by Crippen LogP contribution is -2.13. The van der Waals surface area contributed by atoms with Gasteiger partial charge >= 0.3 is 0 Å². The van der Waals surface area contributed by atoms with Crippen LogP contribution in [0.1, 0.15) is 15.9 Å². The van der Waals surface area contributed by atoms with Gasteiger partial charge in [-0.15, -0.1) is 0 Å². The van der Waals surface area contributed by atoms with E-state index in [-0.39, 0.29) is 11.7 Å². The number of hydrogen-bond donors (Lipinski definition) is 2. The minimum absolute atomic E-state index is 0.315. The van der Waals surface area contributed by atoms with Crippen molar-refractivity contribution in [3.63, 3.8) is 0 Å². The van der Waals surface area contributed by atoms with Crippen LogP contribution < -0.4 is 15.8 Å². The lowest BCUT2D eigenvalue weighted by Gasteiger charge is -2.10. The number of carbonyl (C=O) groups is 1. The predicted octanol–water partition coefficient (Wildman–Crippen LogP) is 2.98. The van der Waals surface area contributed by atoms with Gasteiger partial charge in [0, 0.05) is 11.4 Å². The minimum Gasteiger partial charge on any atom is -0.496 e. The third kappa shape index (κ3) is 2.88. The van der Waals surface area contributed by atoms with E-state index in [1.54, 1.807) is 25.1 Å². The highest BCUT2D eigenvalue weighted by Crippen LogP contribution is 2.23. The van der Waals surface area contributed by atoms with Crippen LogP contribution in [0.5, 0.6) is 5.75 Å². The van der Waals surface area contributed by atoms with Crippen molar-refractivity contribution in [3.05, 3.63) is 53.3 Å². The maximum absolute atomic E-state index is 13.2. The molecule has 2 aromatic carbocycles. The third-order valence-electron chi connectivity index (χ3n) is 2.88. The summed E-state index contributed by atoms with van der Waals surface area (Å²) >= 11 is 0. The fourth-order valence-corrected chi connectivity index (χ4v) is 1.82. The van der Waals surface area contributed by atoms with E-state index in [4.69, 9.17) is 10.5 Å². The Morgan fingerprint density at radius 2 is 2.00 bits per heavy atom. The van der Waals surface area contributed by atoms with Crippen LogP contribution in [-0.2, 0) is 0 Å². The number of halogens is 1. The van der Waals surface area contributed by atoms with E-state index >= 15 is 0 Å². The molecule has 2 rings (SSSR count). The summed E-state index contributed by atoms with van der Waals surface area (Å²) in [4.78, 5) is 12.2. The Balaban J connectivity index is 2.27. The average molecular weight is 274 g/mol. The molecule has 0 fully saturated rings. The van der Waals surface area contributed by atoms with Gasteiger partial charge in [-0.05, 0) is 48.9 Å². The Morgan fingerprint density at radius 3 is 2.65 bits per heavy atom. The van der Waals surface area contributed by atoms with Crippen molar-refractivity contribution in [3.8, 4) is 5.75 Å². The Labute approximate surface area is 116 Å². The summed E-state index contributed by atoms with van der Waals surface area (Å²) in [5, 5.41) is 2.69. The molecule has 104 valence electrons. The zero-order valence-electron chi connectivity index (χ0n) is 11.2. The van der Waals surface area contributed by atoms with Crippen LogP contribution in [0.25, 0.3) is 0 Å². The van der Waals surface area contributed by atoms with Gasteiger partial charge in [0.1, 0.15) is 11.6 Å².